The molecule has 0 spiro atoms. The molecule has 0 aliphatic rings. The van der Waals surface area contributed by atoms with E-state index < -0.39 is 5.91 Å². The number of rotatable bonds is 4. The maximum atomic E-state index is 13.3. The first-order chi connectivity index (χ1) is 16.8. The van der Waals surface area contributed by atoms with Crippen LogP contribution in [0.2, 0.25) is 20.1 Å². The van der Waals surface area contributed by atoms with Crippen molar-refractivity contribution in [1.82, 2.24) is 4.98 Å². The molecule has 0 atom stereocenters. The number of nitrogens with zero attached hydrogens (tertiary/aromatic N) is 1. The number of hydrogen-bond donors (Lipinski definition) is 2. The van der Waals surface area contributed by atoms with E-state index in [-0.39, 0.29) is 15.7 Å². The number of benzene rings is 3. The monoisotopic (exact) mass is 557 g/mol. The number of hydrogen-bond acceptors (Lipinski definition) is 4. The Kier molecular flexibility index (Phi) is 6.62. The Morgan fingerprint density at radius 2 is 1.49 bits per heavy atom. The van der Waals surface area contributed by atoms with Crippen LogP contribution in [0.5, 0.6) is 0 Å². The second kappa shape index (κ2) is 9.69. The van der Waals surface area contributed by atoms with E-state index in [1.807, 2.05) is 60.7 Å². The van der Waals surface area contributed by atoms with Gasteiger partial charge in [0.05, 0.1) is 27.1 Å². The third kappa shape index (κ3) is 4.70. The summed E-state index contributed by atoms with van der Waals surface area (Å²) in [6.45, 7) is 0. The van der Waals surface area contributed by atoms with E-state index in [4.69, 9.17) is 57.1 Å². The standard InChI is InChI=1S/C26H15Cl4N3OS/c27-15-8-6-13(7-9-15)17-12-20(14-4-2-1-3-5-14)32-26-21(17)22(31)24(35-26)25(34)33-23-18(29)10-16(28)11-19(23)30/h1-12H,31H2,(H,33,34). The molecule has 0 bridgehead atoms. The van der Waals surface area contributed by atoms with Gasteiger partial charge < -0.3 is 11.1 Å². The van der Waals surface area contributed by atoms with Crippen molar-refractivity contribution in [3.63, 3.8) is 0 Å². The first-order valence-corrected chi connectivity index (χ1v) is 12.6. The molecule has 35 heavy (non-hydrogen) atoms. The zero-order valence-electron chi connectivity index (χ0n) is 17.8. The lowest BCUT2D eigenvalue weighted by Crippen LogP contribution is -2.12. The predicted molar refractivity (Wildman–Crippen MR) is 149 cm³/mol. The Labute approximate surface area is 225 Å². The van der Waals surface area contributed by atoms with Gasteiger partial charge in [0.1, 0.15) is 9.71 Å². The van der Waals surface area contributed by atoms with Gasteiger partial charge in [0, 0.05) is 21.0 Å². The number of nitrogen functional groups attached to an aromatic ring is 1. The van der Waals surface area contributed by atoms with Gasteiger partial charge in [-0.15, -0.1) is 11.3 Å². The third-order valence-corrected chi connectivity index (χ3v) is 7.54. The second-order valence-corrected chi connectivity index (χ2v) is 10.3. The molecule has 174 valence electrons. The summed E-state index contributed by atoms with van der Waals surface area (Å²) in [5.74, 6) is -0.445. The van der Waals surface area contributed by atoms with E-state index in [1.165, 1.54) is 23.5 Å². The minimum absolute atomic E-state index is 0.224. The van der Waals surface area contributed by atoms with Gasteiger partial charge in [-0.3, -0.25) is 4.79 Å². The van der Waals surface area contributed by atoms with Gasteiger partial charge in [-0.05, 0) is 41.5 Å². The van der Waals surface area contributed by atoms with Crippen molar-refractivity contribution in [3.8, 4) is 22.4 Å². The number of carbonyl (C=O) groups excluding carboxylic acids is 1. The highest BCUT2D eigenvalue weighted by Gasteiger charge is 2.23. The molecule has 2 heterocycles. The van der Waals surface area contributed by atoms with Crippen molar-refractivity contribution in [2.24, 2.45) is 0 Å². The number of fused-ring (bicyclic) bond motifs is 1. The van der Waals surface area contributed by atoms with Crippen LogP contribution in [0.25, 0.3) is 32.6 Å². The van der Waals surface area contributed by atoms with E-state index in [1.54, 1.807) is 0 Å². The van der Waals surface area contributed by atoms with E-state index in [9.17, 15) is 4.79 Å². The van der Waals surface area contributed by atoms with Crippen LogP contribution in [0.4, 0.5) is 11.4 Å². The van der Waals surface area contributed by atoms with E-state index in [0.29, 0.717) is 30.8 Å². The van der Waals surface area contributed by atoms with Gasteiger partial charge in [-0.2, -0.15) is 0 Å². The number of halogens is 4. The highest BCUT2D eigenvalue weighted by Crippen LogP contribution is 2.42. The van der Waals surface area contributed by atoms with E-state index >= 15 is 0 Å². The zero-order valence-corrected chi connectivity index (χ0v) is 21.6. The van der Waals surface area contributed by atoms with Crippen molar-refractivity contribution < 1.29 is 4.79 Å². The summed E-state index contributed by atoms with van der Waals surface area (Å²) < 4.78 is 0. The molecule has 3 aromatic carbocycles. The summed E-state index contributed by atoms with van der Waals surface area (Å²) in [6, 6.07) is 22.2. The molecule has 9 heteroatoms. The number of amides is 1. The summed E-state index contributed by atoms with van der Waals surface area (Å²) in [6.07, 6.45) is 0. The molecule has 0 aliphatic heterocycles. The second-order valence-electron chi connectivity index (χ2n) is 7.65. The van der Waals surface area contributed by atoms with E-state index in [0.717, 1.165) is 22.4 Å². The van der Waals surface area contributed by atoms with Gasteiger partial charge in [0.15, 0.2) is 0 Å². The molecule has 2 aromatic heterocycles. The molecule has 5 aromatic rings. The minimum Gasteiger partial charge on any atom is -0.397 e. The van der Waals surface area contributed by atoms with Crippen molar-refractivity contribution in [2.75, 3.05) is 11.1 Å². The average molecular weight is 559 g/mol. The Balaban J connectivity index is 1.67. The molecular weight excluding hydrogens is 544 g/mol. The molecule has 0 saturated carbocycles. The Bertz CT molecular complexity index is 1560. The van der Waals surface area contributed by atoms with Crippen molar-refractivity contribution in [3.05, 3.63) is 97.8 Å². The van der Waals surface area contributed by atoms with Crippen LogP contribution in [-0.4, -0.2) is 10.9 Å². The van der Waals surface area contributed by atoms with Crippen LogP contribution in [0.1, 0.15) is 9.67 Å². The largest absolute Gasteiger partial charge is 0.397 e. The molecular formula is C26H15Cl4N3OS. The number of carbonyl (C=O) groups is 1. The lowest BCUT2D eigenvalue weighted by Gasteiger charge is -2.10. The number of thiophene rings is 1. The summed E-state index contributed by atoms with van der Waals surface area (Å²) in [7, 11) is 0. The normalized spacial score (nSPS) is 11.1. The number of aromatic nitrogens is 1. The van der Waals surface area contributed by atoms with Crippen LogP contribution < -0.4 is 11.1 Å². The average Bonchev–Trinajstić information content (AvgIpc) is 3.18. The first kappa shape index (κ1) is 23.9. The fourth-order valence-electron chi connectivity index (χ4n) is 3.74. The fourth-order valence-corrected chi connectivity index (χ4v) is 5.79. The lowest BCUT2D eigenvalue weighted by atomic mass is 9.99. The number of pyridine rings is 1. The van der Waals surface area contributed by atoms with Gasteiger partial charge in [0.25, 0.3) is 5.91 Å². The van der Waals surface area contributed by atoms with Crippen LogP contribution >= 0.6 is 57.7 Å². The Morgan fingerprint density at radius 1 is 0.829 bits per heavy atom. The topological polar surface area (TPSA) is 68.0 Å². The molecule has 4 nitrogen and oxygen atoms in total. The van der Waals surface area contributed by atoms with Gasteiger partial charge in [-0.1, -0.05) is 88.9 Å². The number of anilines is 2. The maximum absolute atomic E-state index is 13.3. The highest BCUT2D eigenvalue weighted by molar-refractivity contribution is 7.21. The number of nitrogens with two attached hydrogens (primary N) is 1. The first-order valence-electron chi connectivity index (χ1n) is 10.3. The van der Waals surface area contributed by atoms with Crippen molar-refractivity contribution in [2.45, 2.75) is 0 Å². The van der Waals surface area contributed by atoms with E-state index in [2.05, 4.69) is 5.32 Å². The van der Waals surface area contributed by atoms with Crippen LogP contribution in [-0.2, 0) is 0 Å². The predicted octanol–water partition coefficient (Wildman–Crippen LogP) is 9.08. The SMILES string of the molecule is Nc1c(C(=O)Nc2c(Cl)cc(Cl)cc2Cl)sc2nc(-c3ccccc3)cc(-c3ccc(Cl)cc3)c12. The van der Waals surface area contributed by atoms with Crippen molar-refractivity contribution in [1.29, 1.82) is 0 Å². The van der Waals surface area contributed by atoms with Gasteiger partial charge in [0.2, 0.25) is 0 Å². The highest BCUT2D eigenvalue weighted by atomic mass is 35.5. The molecule has 3 N–H and O–H groups in total. The minimum atomic E-state index is -0.445. The Morgan fingerprint density at radius 3 is 2.14 bits per heavy atom. The summed E-state index contributed by atoms with van der Waals surface area (Å²) in [4.78, 5) is 19.0. The molecule has 5 rings (SSSR count). The molecule has 0 radical (unpaired) electrons. The van der Waals surface area contributed by atoms with Crippen molar-refractivity contribution >= 4 is 85.2 Å². The zero-order chi connectivity index (χ0) is 24.7. The van der Waals surface area contributed by atoms with Crippen LogP contribution in [0.15, 0.2) is 72.8 Å². The molecule has 0 unspecified atom stereocenters. The molecule has 1 amide bonds. The van der Waals surface area contributed by atoms with Gasteiger partial charge >= 0.3 is 0 Å². The summed E-state index contributed by atoms with van der Waals surface area (Å²) >= 11 is 25.8. The summed E-state index contributed by atoms with van der Waals surface area (Å²) in [5.41, 5.74) is 10.6. The van der Waals surface area contributed by atoms with Crippen LogP contribution in [0.3, 0.4) is 0 Å². The Hall–Kier alpha value is -2.80. The molecule has 0 saturated heterocycles. The lowest BCUT2D eigenvalue weighted by molar-refractivity contribution is 0.103. The third-order valence-electron chi connectivity index (χ3n) is 5.38. The summed E-state index contributed by atoms with van der Waals surface area (Å²) in [5, 5.41) is 4.89. The van der Waals surface area contributed by atoms with Gasteiger partial charge in [-0.25, -0.2) is 4.98 Å². The number of nitrogens with one attached hydrogen (secondary N) is 1. The quantitative estimate of drug-likeness (QED) is 0.231. The molecule has 0 fully saturated rings. The van der Waals surface area contributed by atoms with Crippen LogP contribution in [0, 0.1) is 0 Å². The smallest absolute Gasteiger partial charge is 0.268 e. The fraction of sp³-hybridized carbons (Fsp3) is 0. The maximum Gasteiger partial charge on any atom is 0.268 e. The molecule has 0 aliphatic carbocycles.